The summed E-state index contributed by atoms with van der Waals surface area (Å²) in [5, 5.41) is 0.551. The summed E-state index contributed by atoms with van der Waals surface area (Å²) in [6.45, 7) is 0. The van der Waals surface area contributed by atoms with Gasteiger partial charge in [0, 0.05) is 19.9 Å². The summed E-state index contributed by atoms with van der Waals surface area (Å²) in [5.41, 5.74) is 0. The van der Waals surface area contributed by atoms with E-state index in [1.54, 1.807) is 11.3 Å². The topological polar surface area (TPSA) is 17.1 Å². The smallest absolute Gasteiger partial charge is 0.160 e. The number of hydrogen-bond acceptors (Lipinski definition) is 4. The van der Waals surface area contributed by atoms with E-state index in [2.05, 4.69) is 40.8 Å². The molecule has 0 aliphatic carbocycles. The number of allylic oxidation sites excluding steroid dienone is 1. The Morgan fingerprint density at radius 2 is 2.11 bits per heavy atom. The second-order valence-electron chi connectivity index (χ2n) is 3.87. The van der Waals surface area contributed by atoms with Gasteiger partial charge in [0.25, 0.3) is 0 Å². The molecule has 3 rings (SSSR count). The van der Waals surface area contributed by atoms with Crippen LogP contribution in [0.1, 0.15) is 31.1 Å². The number of hydrogen-bond donors (Lipinski definition) is 0. The molecule has 0 saturated heterocycles. The van der Waals surface area contributed by atoms with Crippen LogP contribution in [0.4, 0.5) is 0 Å². The van der Waals surface area contributed by atoms with Gasteiger partial charge in [-0.2, -0.15) is 0 Å². The van der Waals surface area contributed by atoms with Crippen molar-refractivity contribution in [3.8, 4) is 0 Å². The SMILES string of the molecule is O=Cc1ccc(C2=CCC(c3ccc(I)s3)S2)s1. The maximum absolute atomic E-state index is 10.7. The van der Waals surface area contributed by atoms with E-state index in [0.717, 1.165) is 17.6 Å². The average molecular weight is 404 g/mol. The molecule has 18 heavy (non-hydrogen) atoms. The van der Waals surface area contributed by atoms with Gasteiger partial charge in [0.2, 0.25) is 0 Å². The lowest BCUT2D eigenvalue weighted by atomic mass is 10.2. The summed E-state index contributed by atoms with van der Waals surface area (Å²) < 4.78 is 1.34. The number of aldehydes is 1. The molecular weight excluding hydrogens is 395 g/mol. The maximum atomic E-state index is 10.7. The Hall–Kier alpha value is -0.110. The molecule has 5 heteroatoms. The van der Waals surface area contributed by atoms with E-state index in [4.69, 9.17) is 0 Å². The van der Waals surface area contributed by atoms with Crippen molar-refractivity contribution in [2.45, 2.75) is 11.7 Å². The molecule has 0 radical (unpaired) electrons. The number of rotatable bonds is 3. The van der Waals surface area contributed by atoms with Crippen LogP contribution in [-0.4, -0.2) is 6.29 Å². The number of carbonyl (C=O) groups excluding carboxylic acids is 1. The van der Waals surface area contributed by atoms with Gasteiger partial charge in [-0.05, 0) is 53.3 Å². The molecule has 0 bridgehead atoms. The molecule has 0 fully saturated rings. The molecule has 2 aromatic heterocycles. The van der Waals surface area contributed by atoms with Crippen LogP contribution in [0, 0.1) is 2.88 Å². The van der Waals surface area contributed by atoms with Crippen molar-refractivity contribution < 1.29 is 4.79 Å². The first-order valence-electron chi connectivity index (χ1n) is 5.43. The Morgan fingerprint density at radius 3 is 2.78 bits per heavy atom. The molecule has 1 atom stereocenters. The van der Waals surface area contributed by atoms with Gasteiger partial charge in [-0.25, -0.2) is 0 Å². The van der Waals surface area contributed by atoms with Gasteiger partial charge in [-0.1, -0.05) is 6.08 Å². The van der Waals surface area contributed by atoms with E-state index in [1.807, 2.05) is 35.2 Å². The summed E-state index contributed by atoms with van der Waals surface area (Å²) >= 11 is 7.73. The Morgan fingerprint density at radius 1 is 1.22 bits per heavy atom. The van der Waals surface area contributed by atoms with E-state index in [1.165, 1.54) is 17.5 Å². The van der Waals surface area contributed by atoms with E-state index >= 15 is 0 Å². The highest BCUT2D eigenvalue weighted by molar-refractivity contribution is 14.1. The zero-order chi connectivity index (χ0) is 12.5. The number of carbonyl (C=O) groups is 1. The third-order valence-electron chi connectivity index (χ3n) is 2.68. The van der Waals surface area contributed by atoms with Crippen molar-refractivity contribution in [3.05, 3.63) is 47.9 Å². The second-order valence-corrected chi connectivity index (χ2v) is 9.24. The lowest BCUT2D eigenvalue weighted by Crippen LogP contribution is -1.82. The average Bonchev–Trinajstić information content (AvgIpc) is 3.07. The molecule has 92 valence electrons. The predicted molar refractivity (Wildman–Crippen MR) is 89.7 cm³/mol. The molecule has 0 saturated carbocycles. The first-order valence-corrected chi connectivity index (χ1v) is 9.03. The second kappa shape index (κ2) is 5.48. The Bertz CT molecular complexity index is 611. The van der Waals surface area contributed by atoms with Crippen LogP contribution in [0.15, 0.2) is 30.3 Å². The monoisotopic (exact) mass is 404 g/mol. The van der Waals surface area contributed by atoms with Gasteiger partial charge in [-0.3, -0.25) is 4.79 Å². The fourth-order valence-corrected chi connectivity index (χ4v) is 5.90. The number of thiophene rings is 2. The highest BCUT2D eigenvalue weighted by Crippen LogP contribution is 2.50. The zero-order valence-corrected chi connectivity index (χ0v) is 13.9. The fraction of sp³-hybridized carbons (Fsp3) is 0.154. The van der Waals surface area contributed by atoms with Gasteiger partial charge in [0.15, 0.2) is 6.29 Å². The highest BCUT2D eigenvalue weighted by atomic mass is 127. The fourth-order valence-electron chi connectivity index (χ4n) is 1.85. The van der Waals surface area contributed by atoms with Crippen molar-refractivity contribution in [3.63, 3.8) is 0 Å². The van der Waals surface area contributed by atoms with Gasteiger partial charge in [0.1, 0.15) is 0 Å². The summed E-state index contributed by atoms with van der Waals surface area (Å²) in [7, 11) is 0. The van der Waals surface area contributed by atoms with Crippen molar-refractivity contribution in [2.24, 2.45) is 0 Å². The first kappa shape index (κ1) is 12.9. The van der Waals surface area contributed by atoms with E-state index in [-0.39, 0.29) is 0 Å². The van der Waals surface area contributed by atoms with Crippen LogP contribution in [0.3, 0.4) is 0 Å². The lowest BCUT2D eigenvalue weighted by molar-refractivity contribution is 0.112. The van der Waals surface area contributed by atoms with E-state index in [0.29, 0.717) is 5.25 Å². The maximum Gasteiger partial charge on any atom is 0.160 e. The first-order chi connectivity index (χ1) is 8.76. The van der Waals surface area contributed by atoms with Crippen LogP contribution in [0.5, 0.6) is 0 Å². The third kappa shape index (κ3) is 2.59. The summed E-state index contributed by atoms with van der Waals surface area (Å²) in [6.07, 6.45) is 4.31. The van der Waals surface area contributed by atoms with Crippen LogP contribution in [0.2, 0.25) is 0 Å². The predicted octanol–water partition coefficient (Wildman–Crippen LogP) is 5.45. The molecule has 1 unspecified atom stereocenters. The minimum absolute atomic E-state index is 0.551. The van der Waals surface area contributed by atoms with E-state index in [9.17, 15) is 4.79 Å². The molecular formula is C13H9IOS3. The molecule has 0 N–H and O–H groups in total. The van der Waals surface area contributed by atoms with Gasteiger partial charge < -0.3 is 0 Å². The Kier molecular flexibility index (Phi) is 3.93. The van der Waals surface area contributed by atoms with Crippen molar-refractivity contribution >= 4 is 68.2 Å². The van der Waals surface area contributed by atoms with Crippen molar-refractivity contribution in [1.82, 2.24) is 0 Å². The number of thioether (sulfide) groups is 1. The third-order valence-corrected chi connectivity index (χ3v) is 7.38. The quantitative estimate of drug-likeness (QED) is 0.500. The molecule has 0 spiro atoms. The summed E-state index contributed by atoms with van der Waals surface area (Å²) in [6, 6.07) is 8.35. The van der Waals surface area contributed by atoms with Crippen molar-refractivity contribution in [2.75, 3.05) is 0 Å². The molecule has 0 aromatic carbocycles. The standard InChI is InChI=1S/C13H9IOS3/c14-13-6-5-12(18-13)11-4-3-10(17-11)9-2-1-8(7-15)16-9/h1-3,5-7,11H,4H2. The molecule has 3 heterocycles. The number of halogens is 1. The highest BCUT2D eigenvalue weighted by Gasteiger charge is 2.22. The minimum Gasteiger partial charge on any atom is -0.297 e. The molecule has 0 amide bonds. The largest absolute Gasteiger partial charge is 0.297 e. The summed E-state index contributed by atoms with van der Waals surface area (Å²) in [4.78, 5) is 15.5. The van der Waals surface area contributed by atoms with Gasteiger partial charge in [0.05, 0.1) is 7.76 Å². The van der Waals surface area contributed by atoms with Crippen LogP contribution in [0.25, 0.3) is 4.91 Å². The normalized spacial score (nSPS) is 18.9. The minimum atomic E-state index is 0.551. The van der Waals surface area contributed by atoms with Crippen LogP contribution >= 0.6 is 57.0 Å². The lowest BCUT2D eigenvalue weighted by Gasteiger charge is -2.06. The Balaban J connectivity index is 1.76. The molecule has 1 nitrogen and oxygen atoms in total. The molecule has 2 aromatic rings. The molecule has 1 aliphatic rings. The molecule has 1 aliphatic heterocycles. The van der Waals surface area contributed by atoms with Crippen LogP contribution in [-0.2, 0) is 0 Å². The Labute approximate surface area is 131 Å². The van der Waals surface area contributed by atoms with Gasteiger partial charge >= 0.3 is 0 Å². The van der Waals surface area contributed by atoms with Gasteiger partial charge in [-0.15, -0.1) is 34.4 Å². The van der Waals surface area contributed by atoms with Crippen LogP contribution < -0.4 is 0 Å². The van der Waals surface area contributed by atoms with Crippen molar-refractivity contribution in [1.29, 1.82) is 0 Å². The van der Waals surface area contributed by atoms with E-state index < -0.39 is 0 Å². The summed E-state index contributed by atoms with van der Waals surface area (Å²) in [5.74, 6) is 0. The zero-order valence-electron chi connectivity index (χ0n) is 9.26.